The van der Waals surface area contributed by atoms with Gasteiger partial charge in [0.05, 0.1) is 0 Å². The molecule has 0 amide bonds. The van der Waals surface area contributed by atoms with E-state index in [1.165, 1.54) is 0 Å². The van der Waals surface area contributed by atoms with E-state index in [0.29, 0.717) is 0 Å². The van der Waals surface area contributed by atoms with Gasteiger partial charge in [-0.25, -0.2) is 17.2 Å². The number of rotatable bonds is 3. The summed E-state index contributed by atoms with van der Waals surface area (Å²) in [6.07, 6.45) is 2.92. The molecule has 1 atom stereocenters. The summed E-state index contributed by atoms with van der Waals surface area (Å²) in [5.41, 5.74) is -0.141. The molecule has 1 heterocycles. The van der Waals surface area contributed by atoms with Crippen LogP contribution >= 0.6 is 0 Å². The van der Waals surface area contributed by atoms with Crippen molar-refractivity contribution < 1.29 is 17.2 Å². The predicted molar refractivity (Wildman–Crippen MR) is 64.2 cm³/mol. The van der Waals surface area contributed by atoms with E-state index in [0.717, 1.165) is 37.8 Å². The Morgan fingerprint density at radius 2 is 2.11 bits per heavy atom. The summed E-state index contributed by atoms with van der Waals surface area (Å²) >= 11 is 0. The normalized spacial score (nSPS) is 20.3. The molecule has 0 aliphatic carbocycles. The van der Waals surface area contributed by atoms with E-state index in [-0.39, 0.29) is 18.0 Å². The van der Waals surface area contributed by atoms with Crippen LogP contribution in [0.4, 0.5) is 8.78 Å². The van der Waals surface area contributed by atoms with Crippen molar-refractivity contribution in [1.82, 2.24) is 5.32 Å². The van der Waals surface area contributed by atoms with Gasteiger partial charge in [0.1, 0.15) is 16.5 Å². The van der Waals surface area contributed by atoms with Crippen molar-refractivity contribution in [3.8, 4) is 0 Å². The minimum atomic E-state index is -3.67. The Balaban J connectivity index is 2.39. The molecule has 0 radical (unpaired) electrons. The van der Waals surface area contributed by atoms with Gasteiger partial charge in [0.25, 0.3) is 0 Å². The molecule has 3 nitrogen and oxygen atoms in total. The number of nitrogens with one attached hydrogen (secondary N) is 1. The van der Waals surface area contributed by atoms with E-state index in [9.17, 15) is 17.2 Å². The summed E-state index contributed by atoms with van der Waals surface area (Å²) in [6.45, 7) is 0.833. The largest absolute Gasteiger partial charge is 0.314 e. The van der Waals surface area contributed by atoms with Gasteiger partial charge in [0, 0.05) is 17.9 Å². The van der Waals surface area contributed by atoms with E-state index in [1.54, 1.807) is 0 Å². The molecule has 1 aromatic carbocycles. The van der Waals surface area contributed by atoms with Crippen LogP contribution < -0.4 is 5.32 Å². The average molecular weight is 275 g/mol. The molecule has 0 aromatic heterocycles. The van der Waals surface area contributed by atoms with Crippen molar-refractivity contribution in [2.24, 2.45) is 0 Å². The number of benzene rings is 1. The van der Waals surface area contributed by atoms with Crippen molar-refractivity contribution in [1.29, 1.82) is 0 Å². The van der Waals surface area contributed by atoms with Gasteiger partial charge in [-0.3, -0.25) is 0 Å². The lowest BCUT2D eigenvalue weighted by Gasteiger charge is -2.13. The summed E-state index contributed by atoms with van der Waals surface area (Å²) in [7, 11) is -3.67. The predicted octanol–water partition coefficient (Wildman–Crippen LogP) is 1.66. The Bertz CT molecular complexity index is 551. The molecule has 1 saturated heterocycles. The monoisotopic (exact) mass is 275 g/mol. The fourth-order valence-electron chi connectivity index (χ4n) is 2.23. The highest BCUT2D eigenvalue weighted by Gasteiger charge is 2.23. The van der Waals surface area contributed by atoms with E-state index >= 15 is 0 Å². The Labute approximate surface area is 105 Å². The summed E-state index contributed by atoms with van der Waals surface area (Å²) in [5, 5.41) is 3.13. The van der Waals surface area contributed by atoms with Crippen LogP contribution in [0.25, 0.3) is 0 Å². The molecule has 1 unspecified atom stereocenters. The first-order valence-electron chi connectivity index (χ1n) is 5.80. The molecule has 1 aromatic rings. The molecule has 0 saturated carbocycles. The van der Waals surface area contributed by atoms with Gasteiger partial charge in [0.15, 0.2) is 9.84 Å². The Morgan fingerprint density at radius 3 is 2.67 bits per heavy atom. The lowest BCUT2D eigenvalue weighted by molar-refractivity contribution is 0.502. The van der Waals surface area contributed by atoms with Gasteiger partial charge >= 0.3 is 0 Å². The lowest BCUT2D eigenvalue weighted by atomic mass is 10.0. The van der Waals surface area contributed by atoms with Crippen LogP contribution in [-0.4, -0.2) is 27.3 Å². The Morgan fingerprint density at radius 1 is 1.39 bits per heavy atom. The lowest BCUT2D eigenvalue weighted by Crippen LogP contribution is -2.25. The molecule has 6 heteroatoms. The number of halogens is 2. The summed E-state index contributed by atoms with van der Waals surface area (Å²) in [6, 6.07) is 2.01. The average Bonchev–Trinajstić information content (AvgIpc) is 2.74. The highest BCUT2D eigenvalue weighted by molar-refractivity contribution is 7.90. The first-order chi connectivity index (χ1) is 8.39. The van der Waals surface area contributed by atoms with Gasteiger partial charge in [0.2, 0.25) is 0 Å². The van der Waals surface area contributed by atoms with E-state index < -0.39 is 26.4 Å². The SMILES string of the molecule is CS(=O)(=O)c1ccc(F)c(CC2CCCN2)c1F. The molecule has 2 rings (SSSR count). The Hall–Kier alpha value is -1.01. The molecular formula is C12H15F2NO2S. The van der Waals surface area contributed by atoms with Crippen LogP contribution in [0.1, 0.15) is 18.4 Å². The maximum atomic E-state index is 14.0. The van der Waals surface area contributed by atoms with Crippen molar-refractivity contribution in [3.05, 3.63) is 29.3 Å². The maximum Gasteiger partial charge on any atom is 0.178 e. The van der Waals surface area contributed by atoms with Gasteiger partial charge in [-0.1, -0.05) is 0 Å². The second kappa shape index (κ2) is 4.93. The van der Waals surface area contributed by atoms with Crippen LogP contribution in [-0.2, 0) is 16.3 Å². The summed E-state index contributed by atoms with van der Waals surface area (Å²) in [5.74, 6) is -1.64. The quantitative estimate of drug-likeness (QED) is 0.853. The zero-order valence-electron chi connectivity index (χ0n) is 10.0. The van der Waals surface area contributed by atoms with Crippen molar-refractivity contribution in [3.63, 3.8) is 0 Å². The van der Waals surface area contributed by atoms with E-state index in [1.807, 2.05) is 0 Å². The fourth-order valence-corrected chi connectivity index (χ4v) is 2.99. The minimum absolute atomic E-state index is 0.0174. The third-order valence-electron chi connectivity index (χ3n) is 3.16. The summed E-state index contributed by atoms with van der Waals surface area (Å²) < 4.78 is 50.4. The second-order valence-electron chi connectivity index (χ2n) is 4.61. The molecule has 0 spiro atoms. The smallest absolute Gasteiger partial charge is 0.178 e. The highest BCUT2D eigenvalue weighted by atomic mass is 32.2. The zero-order chi connectivity index (χ0) is 13.3. The van der Waals surface area contributed by atoms with Gasteiger partial charge in [-0.05, 0) is 37.9 Å². The van der Waals surface area contributed by atoms with Crippen molar-refractivity contribution in [2.45, 2.75) is 30.2 Å². The molecule has 1 N–H and O–H groups in total. The third-order valence-corrected chi connectivity index (χ3v) is 4.28. The Kier molecular flexibility index (Phi) is 3.68. The molecule has 1 aliphatic rings. The fraction of sp³-hybridized carbons (Fsp3) is 0.500. The molecule has 1 aliphatic heterocycles. The number of hydrogen-bond acceptors (Lipinski definition) is 3. The van der Waals surface area contributed by atoms with E-state index in [4.69, 9.17) is 0 Å². The number of hydrogen-bond donors (Lipinski definition) is 1. The summed E-state index contributed by atoms with van der Waals surface area (Å²) in [4.78, 5) is -0.433. The van der Waals surface area contributed by atoms with Gasteiger partial charge in [-0.15, -0.1) is 0 Å². The molecule has 18 heavy (non-hydrogen) atoms. The van der Waals surface area contributed by atoms with Gasteiger partial charge in [-0.2, -0.15) is 0 Å². The van der Waals surface area contributed by atoms with Crippen LogP contribution in [0.15, 0.2) is 17.0 Å². The van der Waals surface area contributed by atoms with Crippen LogP contribution in [0.5, 0.6) is 0 Å². The topological polar surface area (TPSA) is 46.2 Å². The first-order valence-corrected chi connectivity index (χ1v) is 7.69. The van der Waals surface area contributed by atoms with Crippen LogP contribution in [0, 0.1) is 11.6 Å². The first kappa shape index (κ1) is 13.4. The van der Waals surface area contributed by atoms with Crippen LogP contribution in [0.2, 0.25) is 0 Å². The molecule has 0 bridgehead atoms. The zero-order valence-corrected chi connectivity index (χ0v) is 10.9. The third kappa shape index (κ3) is 2.70. The molecular weight excluding hydrogens is 260 g/mol. The second-order valence-corrected chi connectivity index (χ2v) is 6.59. The minimum Gasteiger partial charge on any atom is -0.314 e. The van der Waals surface area contributed by atoms with E-state index in [2.05, 4.69) is 5.32 Å². The van der Waals surface area contributed by atoms with Crippen molar-refractivity contribution in [2.75, 3.05) is 12.8 Å². The molecule has 100 valence electrons. The molecule has 1 fully saturated rings. The maximum absolute atomic E-state index is 14.0. The van der Waals surface area contributed by atoms with Crippen molar-refractivity contribution >= 4 is 9.84 Å². The van der Waals surface area contributed by atoms with Crippen LogP contribution in [0.3, 0.4) is 0 Å². The number of sulfone groups is 1. The standard InChI is InChI=1S/C12H15F2NO2S/c1-18(16,17)11-5-4-10(13)9(12(11)14)7-8-3-2-6-15-8/h4-5,8,15H,2-3,6-7H2,1H3. The highest BCUT2D eigenvalue weighted by Crippen LogP contribution is 2.23. The van der Waals surface area contributed by atoms with Gasteiger partial charge < -0.3 is 5.32 Å².